The Hall–Kier alpha value is -1.66. The summed E-state index contributed by atoms with van der Waals surface area (Å²) in [6.45, 7) is 4.91. The molecule has 444 valence electrons. The second-order valence-electron chi connectivity index (χ2n) is 23.5. The zero-order valence-corrected chi connectivity index (χ0v) is 50.8. The molecule has 0 aromatic rings. The molecule has 0 heterocycles. The molecule has 0 aromatic carbocycles. The lowest BCUT2D eigenvalue weighted by Crippen LogP contribution is -2.45. The van der Waals surface area contributed by atoms with E-state index in [9.17, 15) is 19.8 Å². The van der Waals surface area contributed by atoms with Crippen LogP contribution in [0.1, 0.15) is 380 Å². The summed E-state index contributed by atoms with van der Waals surface area (Å²) >= 11 is 0. The molecule has 0 rings (SSSR count). The number of ether oxygens (including phenoxy) is 1. The predicted octanol–water partition coefficient (Wildman–Crippen LogP) is 21.8. The van der Waals surface area contributed by atoms with Gasteiger partial charge < -0.3 is 20.3 Å². The van der Waals surface area contributed by atoms with Crippen molar-refractivity contribution in [2.75, 3.05) is 13.2 Å². The van der Waals surface area contributed by atoms with E-state index in [4.69, 9.17) is 4.74 Å². The van der Waals surface area contributed by atoms with E-state index in [1.165, 1.54) is 308 Å². The SMILES string of the molecule is CCCCC/C=C\CCCCCCCC(=O)OCCCCCCCCCCCCCCCCCCCCCCCCCCCCC(=O)NC(CO)C(O)/C=C/CCCCCCCCCCCCCCCCCCCC. The van der Waals surface area contributed by atoms with E-state index >= 15 is 0 Å². The number of hydrogen-bond acceptors (Lipinski definition) is 5. The lowest BCUT2D eigenvalue weighted by atomic mass is 10.0. The van der Waals surface area contributed by atoms with Gasteiger partial charge in [0, 0.05) is 12.8 Å². The van der Waals surface area contributed by atoms with Crippen LogP contribution >= 0.6 is 0 Å². The van der Waals surface area contributed by atoms with Crippen molar-refractivity contribution in [3.63, 3.8) is 0 Å². The van der Waals surface area contributed by atoms with Gasteiger partial charge in [-0.2, -0.15) is 0 Å². The first-order chi connectivity index (χ1) is 37.0. The summed E-state index contributed by atoms with van der Waals surface area (Å²) in [7, 11) is 0. The highest BCUT2D eigenvalue weighted by molar-refractivity contribution is 5.76. The summed E-state index contributed by atoms with van der Waals surface area (Å²) in [5.74, 6) is -0.0548. The summed E-state index contributed by atoms with van der Waals surface area (Å²) in [5.41, 5.74) is 0. The number of carbonyl (C=O) groups is 2. The molecule has 0 aliphatic heterocycles. The number of aliphatic hydroxyl groups excluding tert-OH is 2. The third kappa shape index (κ3) is 61.4. The second-order valence-corrected chi connectivity index (χ2v) is 23.5. The van der Waals surface area contributed by atoms with Gasteiger partial charge in [-0.3, -0.25) is 9.59 Å². The van der Waals surface area contributed by atoms with Crippen LogP contribution in [0.25, 0.3) is 0 Å². The molecule has 0 fully saturated rings. The van der Waals surface area contributed by atoms with Gasteiger partial charge in [0.25, 0.3) is 0 Å². The van der Waals surface area contributed by atoms with Gasteiger partial charge in [-0.15, -0.1) is 0 Å². The van der Waals surface area contributed by atoms with Crippen molar-refractivity contribution in [2.45, 2.75) is 392 Å². The standard InChI is InChI=1S/C69H133NO5/c1-3-5-7-9-11-13-15-17-18-19-20-29-32-35-38-41-45-49-53-57-61-67(72)66(65-71)70-68(73)62-58-54-50-46-42-39-36-33-30-27-25-23-21-22-24-26-28-31-34-37-40-44-48-52-56-60-64-75-69(74)63-59-55-51-47-43-16-14-12-10-8-6-4-2/h12,14,57,61,66-67,71-72H,3-11,13,15-56,58-60,62-65H2,1-2H3,(H,70,73)/b14-12-,61-57+. The molecular formula is C69H133NO5. The van der Waals surface area contributed by atoms with Crippen molar-refractivity contribution in [3.05, 3.63) is 24.3 Å². The Morgan fingerprint density at radius 1 is 0.360 bits per heavy atom. The highest BCUT2D eigenvalue weighted by atomic mass is 16.5. The number of esters is 1. The highest BCUT2D eigenvalue weighted by Crippen LogP contribution is 2.19. The smallest absolute Gasteiger partial charge is 0.305 e. The van der Waals surface area contributed by atoms with Crippen molar-refractivity contribution in [1.82, 2.24) is 5.32 Å². The fraction of sp³-hybridized carbons (Fsp3) is 0.913. The van der Waals surface area contributed by atoms with Crippen LogP contribution < -0.4 is 5.32 Å². The van der Waals surface area contributed by atoms with E-state index in [-0.39, 0.29) is 18.5 Å². The highest BCUT2D eigenvalue weighted by Gasteiger charge is 2.18. The molecule has 0 saturated heterocycles. The Bertz CT molecular complexity index is 1170. The Kier molecular flexibility index (Phi) is 63.4. The zero-order valence-electron chi connectivity index (χ0n) is 50.8. The van der Waals surface area contributed by atoms with E-state index in [2.05, 4.69) is 31.3 Å². The molecular weight excluding hydrogens is 923 g/mol. The summed E-state index contributed by atoms with van der Waals surface area (Å²) in [5, 5.41) is 23.2. The normalized spacial score (nSPS) is 12.6. The second kappa shape index (κ2) is 64.9. The average Bonchev–Trinajstić information content (AvgIpc) is 3.41. The average molecular weight is 1060 g/mol. The molecule has 0 radical (unpaired) electrons. The van der Waals surface area contributed by atoms with Gasteiger partial charge in [-0.05, 0) is 57.8 Å². The lowest BCUT2D eigenvalue weighted by molar-refractivity contribution is -0.143. The van der Waals surface area contributed by atoms with E-state index in [0.717, 1.165) is 44.9 Å². The molecule has 2 atom stereocenters. The molecule has 0 aromatic heterocycles. The van der Waals surface area contributed by atoms with Crippen LogP contribution in [0.3, 0.4) is 0 Å². The number of rotatable bonds is 64. The maximum atomic E-state index is 12.5. The van der Waals surface area contributed by atoms with Crippen LogP contribution in [0.4, 0.5) is 0 Å². The lowest BCUT2D eigenvalue weighted by Gasteiger charge is -2.20. The fourth-order valence-electron chi connectivity index (χ4n) is 10.7. The monoisotopic (exact) mass is 1060 g/mol. The quantitative estimate of drug-likeness (QED) is 0.0320. The number of nitrogens with one attached hydrogen (secondary N) is 1. The minimum atomic E-state index is -0.843. The molecule has 0 bridgehead atoms. The first kappa shape index (κ1) is 73.3. The molecule has 6 heteroatoms. The Balaban J connectivity index is 3.39. The third-order valence-corrected chi connectivity index (χ3v) is 16.0. The predicted molar refractivity (Wildman–Crippen MR) is 329 cm³/mol. The number of hydrogen-bond donors (Lipinski definition) is 3. The van der Waals surface area contributed by atoms with Crippen LogP contribution in [-0.4, -0.2) is 47.4 Å². The van der Waals surface area contributed by atoms with Gasteiger partial charge in [0.1, 0.15) is 0 Å². The van der Waals surface area contributed by atoms with Crippen LogP contribution in [0.5, 0.6) is 0 Å². The summed E-state index contributed by atoms with van der Waals surface area (Å²) in [6, 6.07) is -0.627. The Labute approximate surface area is 469 Å². The van der Waals surface area contributed by atoms with Crippen molar-refractivity contribution in [1.29, 1.82) is 0 Å². The van der Waals surface area contributed by atoms with E-state index in [1.807, 2.05) is 6.08 Å². The molecule has 2 unspecified atom stereocenters. The van der Waals surface area contributed by atoms with Gasteiger partial charge in [-0.25, -0.2) is 0 Å². The van der Waals surface area contributed by atoms with Crippen LogP contribution in [-0.2, 0) is 14.3 Å². The first-order valence-corrected chi connectivity index (χ1v) is 34.1. The van der Waals surface area contributed by atoms with Crippen molar-refractivity contribution in [2.24, 2.45) is 0 Å². The Morgan fingerprint density at radius 2 is 0.627 bits per heavy atom. The minimum absolute atomic E-state index is 0.00727. The van der Waals surface area contributed by atoms with E-state index < -0.39 is 12.1 Å². The third-order valence-electron chi connectivity index (χ3n) is 16.0. The molecule has 0 spiro atoms. The molecule has 75 heavy (non-hydrogen) atoms. The van der Waals surface area contributed by atoms with Gasteiger partial charge in [0.05, 0.1) is 25.4 Å². The minimum Gasteiger partial charge on any atom is -0.466 e. The number of aliphatic hydroxyl groups is 2. The maximum Gasteiger partial charge on any atom is 0.305 e. The zero-order chi connectivity index (χ0) is 54.3. The molecule has 0 saturated carbocycles. The van der Waals surface area contributed by atoms with Crippen molar-refractivity contribution < 1.29 is 24.5 Å². The maximum absolute atomic E-state index is 12.5. The molecule has 6 nitrogen and oxygen atoms in total. The molecule has 0 aliphatic rings. The fourth-order valence-corrected chi connectivity index (χ4v) is 10.7. The number of amides is 1. The largest absolute Gasteiger partial charge is 0.466 e. The molecule has 3 N–H and O–H groups in total. The number of carbonyl (C=O) groups excluding carboxylic acids is 2. The van der Waals surface area contributed by atoms with Gasteiger partial charge >= 0.3 is 5.97 Å². The van der Waals surface area contributed by atoms with Gasteiger partial charge in [0.2, 0.25) is 5.91 Å². The number of allylic oxidation sites excluding steroid dienone is 3. The van der Waals surface area contributed by atoms with Gasteiger partial charge in [-0.1, -0.05) is 334 Å². The topological polar surface area (TPSA) is 95.9 Å². The van der Waals surface area contributed by atoms with Crippen LogP contribution in [0.15, 0.2) is 24.3 Å². The van der Waals surface area contributed by atoms with E-state index in [1.54, 1.807) is 6.08 Å². The first-order valence-electron chi connectivity index (χ1n) is 34.1. The molecule has 0 aliphatic carbocycles. The summed E-state index contributed by atoms with van der Waals surface area (Å²) in [4.78, 5) is 24.5. The van der Waals surface area contributed by atoms with Gasteiger partial charge in [0.15, 0.2) is 0 Å². The Morgan fingerprint density at radius 3 is 0.973 bits per heavy atom. The summed E-state index contributed by atoms with van der Waals surface area (Å²) in [6.07, 6.45) is 81.0. The summed E-state index contributed by atoms with van der Waals surface area (Å²) < 4.78 is 5.47. The van der Waals surface area contributed by atoms with Crippen molar-refractivity contribution >= 4 is 11.9 Å². The molecule has 1 amide bonds. The van der Waals surface area contributed by atoms with Crippen LogP contribution in [0, 0.1) is 0 Å². The van der Waals surface area contributed by atoms with Crippen molar-refractivity contribution in [3.8, 4) is 0 Å². The van der Waals surface area contributed by atoms with E-state index in [0.29, 0.717) is 19.4 Å². The number of unbranched alkanes of at least 4 members (excludes halogenated alkanes) is 51. The van der Waals surface area contributed by atoms with Crippen LogP contribution in [0.2, 0.25) is 0 Å².